The van der Waals surface area contributed by atoms with Gasteiger partial charge in [-0.2, -0.15) is 0 Å². The molecule has 2 atom stereocenters. The number of para-hydroxylation sites is 1. The van der Waals surface area contributed by atoms with Crippen molar-refractivity contribution in [3.8, 4) is 5.75 Å². The molecule has 0 spiro atoms. The van der Waals surface area contributed by atoms with Crippen molar-refractivity contribution in [2.24, 2.45) is 5.92 Å². The van der Waals surface area contributed by atoms with E-state index in [4.69, 9.17) is 4.74 Å². The van der Waals surface area contributed by atoms with Crippen molar-refractivity contribution in [3.63, 3.8) is 0 Å². The molecule has 0 radical (unpaired) electrons. The van der Waals surface area contributed by atoms with E-state index >= 15 is 0 Å². The standard InChI is InChI=1S/C19H33NO/c1-5-8-11-16(7-3)15-18(20-14-6-2)17-12-9-10-13-19(17)21-4/h9-10,12-13,16,18,20H,5-8,11,14-15H2,1-4H3. The second-order valence-corrected chi connectivity index (χ2v) is 5.90. The van der Waals surface area contributed by atoms with E-state index < -0.39 is 0 Å². The summed E-state index contributed by atoms with van der Waals surface area (Å²) in [6, 6.07) is 8.85. The zero-order valence-electron chi connectivity index (χ0n) is 14.3. The number of unbranched alkanes of at least 4 members (excludes halogenated alkanes) is 1. The van der Waals surface area contributed by atoms with Gasteiger partial charge >= 0.3 is 0 Å². The van der Waals surface area contributed by atoms with E-state index in [0.717, 1.165) is 24.6 Å². The normalized spacial score (nSPS) is 13.9. The monoisotopic (exact) mass is 291 g/mol. The van der Waals surface area contributed by atoms with Gasteiger partial charge < -0.3 is 10.1 Å². The molecule has 1 aromatic carbocycles. The van der Waals surface area contributed by atoms with Gasteiger partial charge in [-0.3, -0.25) is 0 Å². The van der Waals surface area contributed by atoms with Gasteiger partial charge in [-0.05, 0) is 31.4 Å². The maximum absolute atomic E-state index is 5.56. The summed E-state index contributed by atoms with van der Waals surface area (Å²) in [4.78, 5) is 0. The first-order valence-corrected chi connectivity index (χ1v) is 8.62. The fraction of sp³-hybridized carbons (Fsp3) is 0.684. The second kappa shape index (κ2) is 10.7. The highest BCUT2D eigenvalue weighted by Crippen LogP contribution is 2.32. The van der Waals surface area contributed by atoms with Crippen molar-refractivity contribution < 1.29 is 4.74 Å². The third-order valence-corrected chi connectivity index (χ3v) is 4.27. The summed E-state index contributed by atoms with van der Waals surface area (Å²) in [5.41, 5.74) is 1.31. The van der Waals surface area contributed by atoms with E-state index in [1.165, 1.54) is 37.7 Å². The Morgan fingerprint density at radius 2 is 1.86 bits per heavy atom. The smallest absolute Gasteiger partial charge is 0.123 e. The number of methoxy groups -OCH3 is 1. The van der Waals surface area contributed by atoms with E-state index in [1.807, 2.05) is 6.07 Å². The maximum Gasteiger partial charge on any atom is 0.123 e. The first kappa shape index (κ1) is 18.0. The lowest BCUT2D eigenvalue weighted by molar-refractivity contribution is 0.341. The number of ether oxygens (including phenoxy) is 1. The summed E-state index contributed by atoms with van der Waals surface area (Å²) in [5.74, 6) is 1.81. The predicted molar refractivity (Wildman–Crippen MR) is 92.0 cm³/mol. The van der Waals surface area contributed by atoms with Crippen LogP contribution in [0.25, 0.3) is 0 Å². The van der Waals surface area contributed by atoms with Gasteiger partial charge in [0.25, 0.3) is 0 Å². The minimum absolute atomic E-state index is 0.405. The van der Waals surface area contributed by atoms with Gasteiger partial charge in [0.1, 0.15) is 5.75 Å². The van der Waals surface area contributed by atoms with Crippen LogP contribution in [-0.2, 0) is 0 Å². The molecule has 21 heavy (non-hydrogen) atoms. The number of nitrogens with one attached hydrogen (secondary N) is 1. The van der Waals surface area contributed by atoms with Crippen LogP contribution < -0.4 is 10.1 Å². The van der Waals surface area contributed by atoms with Crippen LogP contribution in [0.2, 0.25) is 0 Å². The molecule has 0 aliphatic carbocycles. The van der Waals surface area contributed by atoms with Crippen molar-refractivity contribution in [1.29, 1.82) is 0 Å². The van der Waals surface area contributed by atoms with Crippen molar-refractivity contribution in [2.75, 3.05) is 13.7 Å². The van der Waals surface area contributed by atoms with E-state index in [9.17, 15) is 0 Å². The molecule has 0 amide bonds. The van der Waals surface area contributed by atoms with Gasteiger partial charge in [0, 0.05) is 11.6 Å². The number of benzene rings is 1. The minimum Gasteiger partial charge on any atom is -0.496 e. The van der Waals surface area contributed by atoms with Gasteiger partial charge in [-0.1, -0.05) is 64.7 Å². The summed E-state index contributed by atoms with van der Waals surface area (Å²) in [7, 11) is 1.77. The number of hydrogen-bond donors (Lipinski definition) is 1. The molecule has 0 aromatic heterocycles. The van der Waals surface area contributed by atoms with Crippen LogP contribution in [0.1, 0.15) is 70.9 Å². The lowest BCUT2D eigenvalue weighted by atomic mass is 9.89. The molecule has 0 bridgehead atoms. The highest BCUT2D eigenvalue weighted by molar-refractivity contribution is 5.35. The van der Waals surface area contributed by atoms with Crippen molar-refractivity contribution in [2.45, 2.75) is 65.3 Å². The van der Waals surface area contributed by atoms with E-state index in [-0.39, 0.29) is 0 Å². The van der Waals surface area contributed by atoms with Gasteiger partial charge in [-0.25, -0.2) is 0 Å². The van der Waals surface area contributed by atoms with E-state index in [2.05, 4.69) is 44.3 Å². The number of hydrogen-bond acceptors (Lipinski definition) is 2. The Bertz CT molecular complexity index is 378. The van der Waals surface area contributed by atoms with Gasteiger partial charge in [-0.15, -0.1) is 0 Å². The Morgan fingerprint density at radius 3 is 2.48 bits per heavy atom. The fourth-order valence-corrected chi connectivity index (χ4v) is 2.91. The van der Waals surface area contributed by atoms with Gasteiger partial charge in [0.15, 0.2) is 0 Å². The first-order valence-electron chi connectivity index (χ1n) is 8.62. The summed E-state index contributed by atoms with van der Waals surface area (Å²) < 4.78 is 5.56. The largest absolute Gasteiger partial charge is 0.496 e. The SMILES string of the molecule is CCCCC(CC)CC(NCCC)c1ccccc1OC. The molecular formula is C19H33NO. The molecule has 2 heteroatoms. The summed E-state index contributed by atoms with van der Waals surface area (Å²) in [6.45, 7) is 7.88. The molecular weight excluding hydrogens is 258 g/mol. The first-order chi connectivity index (χ1) is 10.3. The van der Waals surface area contributed by atoms with E-state index in [0.29, 0.717) is 6.04 Å². The average molecular weight is 291 g/mol. The third-order valence-electron chi connectivity index (χ3n) is 4.27. The Labute approximate surface area is 131 Å². The minimum atomic E-state index is 0.405. The topological polar surface area (TPSA) is 21.3 Å². The molecule has 0 saturated heterocycles. The van der Waals surface area contributed by atoms with E-state index in [1.54, 1.807) is 7.11 Å². The van der Waals surface area contributed by atoms with Crippen LogP contribution in [-0.4, -0.2) is 13.7 Å². The van der Waals surface area contributed by atoms with Crippen molar-refractivity contribution >= 4 is 0 Å². The Hall–Kier alpha value is -1.02. The van der Waals surface area contributed by atoms with Crippen molar-refractivity contribution in [3.05, 3.63) is 29.8 Å². The van der Waals surface area contributed by atoms with Crippen LogP contribution in [0.4, 0.5) is 0 Å². The molecule has 1 rings (SSSR count). The average Bonchev–Trinajstić information content (AvgIpc) is 2.54. The summed E-state index contributed by atoms with van der Waals surface area (Å²) in [6.07, 6.45) is 7.60. The molecule has 2 unspecified atom stereocenters. The molecule has 0 saturated carbocycles. The quantitative estimate of drug-likeness (QED) is 0.594. The third kappa shape index (κ3) is 6.09. The molecule has 0 aliphatic rings. The molecule has 120 valence electrons. The Balaban J connectivity index is 2.83. The lowest BCUT2D eigenvalue weighted by Crippen LogP contribution is -2.25. The second-order valence-electron chi connectivity index (χ2n) is 5.90. The van der Waals surface area contributed by atoms with Crippen molar-refractivity contribution in [1.82, 2.24) is 5.32 Å². The molecule has 1 N–H and O–H groups in total. The Morgan fingerprint density at radius 1 is 1.10 bits per heavy atom. The van der Waals surface area contributed by atoms with Gasteiger partial charge in [0.05, 0.1) is 7.11 Å². The molecule has 0 aliphatic heterocycles. The zero-order valence-corrected chi connectivity index (χ0v) is 14.3. The fourth-order valence-electron chi connectivity index (χ4n) is 2.91. The molecule has 1 aromatic rings. The number of rotatable bonds is 11. The van der Waals surface area contributed by atoms with Crippen LogP contribution in [0, 0.1) is 5.92 Å². The maximum atomic E-state index is 5.56. The summed E-state index contributed by atoms with van der Waals surface area (Å²) in [5, 5.41) is 3.72. The molecule has 0 fully saturated rings. The van der Waals surface area contributed by atoms with Crippen LogP contribution in [0.3, 0.4) is 0 Å². The summed E-state index contributed by atoms with van der Waals surface area (Å²) >= 11 is 0. The predicted octanol–water partition coefficient (Wildman–Crippen LogP) is 5.34. The van der Waals surface area contributed by atoms with Crippen LogP contribution in [0.5, 0.6) is 5.75 Å². The molecule has 2 nitrogen and oxygen atoms in total. The highest BCUT2D eigenvalue weighted by atomic mass is 16.5. The van der Waals surface area contributed by atoms with Crippen LogP contribution >= 0.6 is 0 Å². The zero-order chi connectivity index (χ0) is 15.5. The Kier molecular flexibility index (Phi) is 9.16. The van der Waals surface area contributed by atoms with Gasteiger partial charge in [0.2, 0.25) is 0 Å². The highest BCUT2D eigenvalue weighted by Gasteiger charge is 2.19. The molecule has 0 heterocycles. The van der Waals surface area contributed by atoms with Crippen LogP contribution in [0.15, 0.2) is 24.3 Å². The lowest BCUT2D eigenvalue weighted by Gasteiger charge is -2.25.